The van der Waals surface area contributed by atoms with Gasteiger partial charge >= 0.3 is 0 Å². The third-order valence-corrected chi connectivity index (χ3v) is 4.71. The van der Waals surface area contributed by atoms with E-state index in [2.05, 4.69) is 18.7 Å². The number of sulfone groups is 1. The van der Waals surface area contributed by atoms with Crippen LogP contribution >= 0.6 is 0 Å². The van der Waals surface area contributed by atoms with Crippen LogP contribution < -0.4 is 5.73 Å². The minimum absolute atomic E-state index is 0.136. The maximum absolute atomic E-state index is 11.1. The predicted molar refractivity (Wildman–Crippen MR) is 67.1 cm³/mol. The zero-order valence-electron chi connectivity index (χ0n) is 10.7. The van der Waals surface area contributed by atoms with Gasteiger partial charge < -0.3 is 10.6 Å². The zero-order chi connectivity index (χ0) is 12.6. The highest BCUT2D eigenvalue weighted by molar-refractivity contribution is 7.90. The van der Waals surface area contributed by atoms with E-state index >= 15 is 0 Å². The van der Waals surface area contributed by atoms with E-state index in [1.54, 1.807) is 0 Å². The van der Waals surface area contributed by atoms with Crippen molar-refractivity contribution in [2.75, 3.05) is 25.6 Å². The Kier molecular flexibility index (Phi) is 4.03. The molecule has 2 N–H and O–H groups in total. The largest absolute Gasteiger partial charge is 0.326 e. The molecule has 1 saturated carbocycles. The van der Waals surface area contributed by atoms with Gasteiger partial charge in [0.05, 0.1) is 5.75 Å². The molecule has 5 heteroatoms. The summed E-state index contributed by atoms with van der Waals surface area (Å²) in [5, 5.41) is 0. The molecule has 96 valence electrons. The number of hydrogen-bond acceptors (Lipinski definition) is 4. The molecule has 0 aliphatic heterocycles. The maximum Gasteiger partial charge on any atom is 0.148 e. The average molecular weight is 248 g/mol. The summed E-state index contributed by atoms with van der Waals surface area (Å²) >= 11 is 0. The highest BCUT2D eigenvalue weighted by Gasteiger charge is 2.41. The van der Waals surface area contributed by atoms with E-state index in [0.29, 0.717) is 12.6 Å². The lowest BCUT2D eigenvalue weighted by Crippen LogP contribution is -2.48. The molecule has 4 nitrogen and oxygen atoms in total. The molecular weight excluding hydrogens is 224 g/mol. The smallest absolute Gasteiger partial charge is 0.148 e. The average Bonchev–Trinajstić information content (AvgIpc) is 2.38. The minimum atomic E-state index is -2.88. The summed E-state index contributed by atoms with van der Waals surface area (Å²) in [7, 11) is -0.908. The lowest BCUT2D eigenvalue weighted by molar-refractivity contribution is 0.207. The molecule has 0 heterocycles. The van der Waals surface area contributed by atoms with Crippen LogP contribution in [0, 0.1) is 5.41 Å². The fourth-order valence-corrected chi connectivity index (χ4v) is 2.98. The Bertz CT molecular complexity index is 338. The Morgan fingerprint density at radius 1 is 1.44 bits per heavy atom. The summed E-state index contributed by atoms with van der Waals surface area (Å²) in [6.45, 7) is 4.94. The van der Waals surface area contributed by atoms with Gasteiger partial charge in [0.15, 0.2) is 0 Å². The Morgan fingerprint density at radius 2 is 2.00 bits per heavy atom. The van der Waals surface area contributed by atoms with Crippen LogP contribution in [0.4, 0.5) is 0 Å². The van der Waals surface area contributed by atoms with E-state index < -0.39 is 9.84 Å². The van der Waals surface area contributed by atoms with Crippen molar-refractivity contribution < 1.29 is 8.42 Å². The topological polar surface area (TPSA) is 63.4 Å². The number of rotatable bonds is 4. The van der Waals surface area contributed by atoms with Crippen molar-refractivity contribution in [3.05, 3.63) is 0 Å². The van der Waals surface area contributed by atoms with Gasteiger partial charge in [-0.1, -0.05) is 13.8 Å². The number of nitrogens with two attached hydrogens (primary N) is 1. The number of nitrogens with zero attached hydrogens (tertiary/aromatic N) is 1. The second-order valence-electron chi connectivity index (χ2n) is 5.73. The van der Waals surface area contributed by atoms with Crippen LogP contribution in [0.15, 0.2) is 0 Å². The molecule has 0 aromatic rings. The quantitative estimate of drug-likeness (QED) is 0.786. The first-order valence-electron chi connectivity index (χ1n) is 5.77. The second-order valence-corrected chi connectivity index (χ2v) is 7.99. The van der Waals surface area contributed by atoms with Crippen molar-refractivity contribution in [1.29, 1.82) is 0 Å². The standard InChI is InChI=1S/C11H24N2O2S/c1-11(2)6-5-9(10(11)12)13(3)7-8-16(4,14)15/h9-10H,5-8,12H2,1-4H3. The van der Waals surface area contributed by atoms with Gasteiger partial charge in [-0.25, -0.2) is 8.42 Å². The number of likely N-dealkylation sites (N-methyl/N-ethyl adjacent to an activating group) is 1. The van der Waals surface area contributed by atoms with Crippen LogP contribution in [-0.4, -0.2) is 51.0 Å². The van der Waals surface area contributed by atoms with E-state index in [9.17, 15) is 8.42 Å². The number of hydrogen-bond donors (Lipinski definition) is 1. The van der Waals surface area contributed by atoms with Gasteiger partial charge in [-0.05, 0) is 25.3 Å². The lowest BCUT2D eigenvalue weighted by atomic mass is 9.87. The van der Waals surface area contributed by atoms with Gasteiger partial charge in [0.1, 0.15) is 9.84 Å². The molecule has 16 heavy (non-hydrogen) atoms. The molecule has 0 amide bonds. The van der Waals surface area contributed by atoms with Crippen LogP contribution in [-0.2, 0) is 9.84 Å². The summed E-state index contributed by atoms with van der Waals surface area (Å²) in [6.07, 6.45) is 3.45. The summed E-state index contributed by atoms with van der Waals surface area (Å²) in [6, 6.07) is 0.453. The fraction of sp³-hybridized carbons (Fsp3) is 1.00. The third-order valence-electron chi connectivity index (χ3n) is 3.78. The third kappa shape index (κ3) is 3.43. The first-order valence-corrected chi connectivity index (χ1v) is 7.83. The van der Waals surface area contributed by atoms with Gasteiger partial charge in [0, 0.05) is 24.9 Å². The van der Waals surface area contributed by atoms with Gasteiger partial charge in [-0.2, -0.15) is 0 Å². The van der Waals surface area contributed by atoms with Crippen LogP contribution in [0.25, 0.3) is 0 Å². The summed E-state index contributed by atoms with van der Waals surface area (Å²) in [5.41, 5.74) is 6.38. The van der Waals surface area contributed by atoms with Crippen LogP contribution in [0.1, 0.15) is 26.7 Å². The molecule has 1 fully saturated rings. The van der Waals surface area contributed by atoms with Crippen molar-refractivity contribution in [1.82, 2.24) is 4.90 Å². The SMILES string of the molecule is CN(CCS(C)(=O)=O)C1CCC(C)(C)C1N. The van der Waals surface area contributed by atoms with Gasteiger partial charge in [-0.3, -0.25) is 0 Å². The zero-order valence-corrected chi connectivity index (χ0v) is 11.5. The lowest BCUT2D eigenvalue weighted by Gasteiger charge is -2.32. The van der Waals surface area contributed by atoms with Crippen molar-refractivity contribution in [3.63, 3.8) is 0 Å². The molecule has 0 radical (unpaired) electrons. The van der Waals surface area contributed by atoms with Crippen LogP contribution in [0.5, 0.6) is 0 Å². The summed E-state index contributed by atoms with van der Waals surface area (Å²) in [5.74, 6) is 0.215. The van der Waals surface area contributed by atoms with Gasteiger partial charge in [0.25, 0.3) is 0 Å². The molecule has 0 aromatic heterocycles. The molecular formula is C11H24N2O2S. The first kappa shape index (κ1) is 13.9. The van der Waals surface area contributed by atoms with Crippen molar-refractivity contribution >= 4 is 9.84 Å². The molecule has 2 atom stereocenters. The Hall–Kier alpha value is -0.130. The van der Waals surface area contributed by atoms with Gasteiger partial charge in [0.2, 0.25) is 0 Å². The molecule has 1 aliphatic carbocycles. The Labute approximate surface area is 99.1 Å². The molecule has 1 rings (SSSR count). The van der Waals surface area contributed by atoms with E-state index in [0.717, 1.165) is 12.8 Å². The van der Waals surface area contributed by atoms with E-state index in [-0.39, 0.29) is 17.2 Å². The molecule has 2 unspecified atom stereocenters. The van der Waals surface area contributed by atoms with E-state index in [1.807, 2.05) is 7.05 Å². The Balaban J connectivity index is 2.53. The van der Waals surface area contributed by atoms with E-state index in [4.69, 9.17) is 5.73 Å². The van der Waals surface area contributed by atoms with Crippen LogP contribution in [0.3, 0.4) is 0 Å². The molecule has 0 saturated heterocycles. The van der Waals surface area contributed by atoms with Crippen LogP contribution in [0.2, 0.25) is 0 Å². The summed E-state index contributed by atoms with van der Waals surface area (Å²) < 4.78 is 22.2. The summed E-state index contributed by atoms with van der Waals surface area (Å²) in [4.78, 5) is 2.10. The monoisotopic (exact) mass is 248 g/mol. The van der Waals surface area contributed by atoms with E-state index in [1.165, 1.54) is 6.26 Å². The predicted octanol–water partition coefficient (Wildman–Crippen LogP) is 0.479. The maximum atomic E-state index is 11.1. The Morgan fingerprint density at radius 3 is 2.38 bits per heavy atom. The minimum Gasteiger partial charge on any atom is -0.326 e. The fourth-order valence-electron chi connectivity index (χ4n) is 2.36. The van der Waals surface area contributed by atoms with Crippen molar-refractivity contribution in [2.24, 2.45) is 11.1 Å². The molecule has 1 aliphatic rings. The molecule has 0 bridgehead atoms. The highest BCUT2D eigenvalue weighted by Crippen LogP contribution is 2.38. The molecule has 0 spiro atoms. The second kappa shape index (κ2) is 4.63. The van der Waals surface area contributed by atoms with Crippen molar-refractivity contribution in [2.45, 2.75) is 38.8 Å². The molecule has 0 aromatic carbocycles. The first-order chi connectivity index (χ1) is 7.13. The normalized spacial score (nSPS) is 29.9. The van der Waals surface area contributed by atoms with Gasteiger partial charge in [-0.15, -0.1) is 0 Å². The highest BCUT2D eigenvalue weighted by atomic mass is 32.2. The van der Waals surface area contributed by atoms with Crippen molar-refractivity contribution in [3.8, 4) is 0 Å².